The van der Waals surface area contributed by atoms with Gasteiger partial charge in [0.05, 0.1) is 0 Å². The first kappa shape index (κ1) is 15.0. The number of piperidine rings is 1. The summed E-state index contributed by atoms with van der Waals surface area (Å²) < 4.78 is 0. The molecule has 1 aromatic carbocycles. The highest BCUT2D eigenvalue weighted by Gasteiger charge is 2.21. The van der Waals surface area contributed by atoms with Crippen molar-refractivity contribution in [2.24, 2.45) is 0 Å². The molecule has 0 bridgehead atoms. The molecule has 3 rings (SSSR count). The molecular weight excluding hydrogens is 270 g/mol. The van der Waals surface area contributed by atoms with E-state index in [4.69, 9.17) is 0 Å². The molecule has 3 heteroatoms. The molecule has 1 unspecified atom stereocenters. The summed E-state index contributed by atoms with van der Waals surface area (Å²) in [6.45, 7) is 6.62. The second-order valence-electron chi connectivity index (χ2n) is 6.19. The Morgan fingerprint density at radius 1 is 1.09 bits per heavy atom. The number of hydrogen-bond donors (Lipinski definition) is 1. The van der Waals surface area contributed by atoms with Crippen LogP contribution in [0.1, 0.15) is 36.9 Å². The summed E-state index contributed by atoms with van der Waals surface area (Å²) in [6.07, 6.45) is 4.22. The molecule has 1 fully saturated rings. The summed E-state index contributed by atoms with van der Waals surface area (Å²) in [5.41, 5.74) is 2.78. The zero-order valence-corrected chi connectivity index (χ0v) is 13.5. The second kappa shape index (κ2) is 6.93. The third kappa shape index (κ3) is 3.47. The lowest BCUT2D eigenvalue weighted by molar-refractivity contribution is 0.379. The number of aromatic nitrogens is 1. The lowest BCUT2D eigenvalue weighted by Crippen LogP contribution is -2.43. The number of anilines is 1. The fourth-order valence-electron chi connectivity index (χ4n) is 3.33. The molecule has 1 aliphatic rings. The maximum Gasteiger partial charge on any atom is 0.128 e. The van der Waals surface area contributed by atoms with Crippen LogP contribution < -0.4 is 10.2 Å². The Balaban J connectivity index is 1.55. The molecule has 2 heterocycles. The van der Waals surface area contributed by atoms with Gasteiger partial charge >= 0.3 is 0 Å². The number of hydrogen-bond acceptors (Lipinski definition) is 3. The summed E-state index contributed by atoms with van der Waals surface area (Å²) in [5, 5.41) is 3.80. The highest BCUT2D eigenvalue weighted by Crippen LogP contribution is 2.22. The van der Waals surface area contributed by atoms with Gasteiger partial charge in [0.1, 0.15) is 5.82 Å². The SMILES string of the molecule is Cc1ccccc1C(C)NC1CCN(c2ccccn2)CC1. The molecule has 3 nitrogen and oxygen atoms in total. The Morgan fingerprint density at radius 3 is 2.50 bits per heavy atom. The summed E-state index contributed by atoms with van der Waals surface area (Å²) >= 11 is 0. The minimum Gasteiger partial charge on any atom is -0.357 e. The summed E-state index contributed by atoms with van der Waals surface area (Å²) in [5.74, 6) is 1.10. The maximum absolute atomic E-state index is 4.45. The zero-order chi connectivity index (χ0) is 15.4. The van der Waals surface area contributed by atoms with Crippen molar-refractivity contribution in [2.45, 2.75) is 38.8 Å². The van der Waals surface area contributed by atoms with E-state index >= 15 is 0 Å². The number of nitrogens with one attached hydrogen (secondary N) is 1. The van der Waals surface area contributed by atoms with Crippen LogP contribution in [-0.2, 0) is 0 Å². The zero-order valence-electron chi connectivity index (χ0n) is 13.5. The Morgan fingerprint density at radius 2 is 1.82 bits per heavy atom. The van der Waals surface area contributed by atoms with E-state index in [1.54, 1.807) is 0 Å². The predicted molar refractivity (Wildman–Crippen MR) is 92.2 cm³/mol. The summed E-state index contributed by atoms with van der Waals surface area (Å²) in [6, 6.07) is 15.8. The molecule has 0 aliphatic carbocycles. The Bertz CT molecular complexity index is 589. The van der Waals surface area contributed by atoms with Gasteiger partial charge in [0.25, 0.3) is 0 Å². The van der Waals surface area contributed by atoms with Gasteiger partial charge in [0, 0.05) is 31.4 Å². The van der Waals surface area contributed by atoms with Crippen molar-refractivity contribution in [1.82, 2.24) is 10.3 Å². The minimum absolute atomic E-state index is 0.410. The molecule has 2 aromatic rings. The lowest BCUT2D eigenvalue weighted by Gasteiger charge is -2.34. The first-order chi connectivity index (χ1) is 10.7. The van der Waals surface area contributed by atoms with Crippen LogP contribution in [0.4, 0.5) is 5.82 Å². The van der Waals surface area contributed by atoms with Crippen LogP contribution in [0.2, 0.25) is 0 Å². The van der Waals surface area contributed by atoms with E-state index in [0.717, 1.165) is 18.9 Å². The molecule has 0 amide bonds. The number of rotatable bonds is 4. The minimum atomic E-state index is 0.410. The molecule has 1 atom stereocenters. The van der Waals surface area contributed by atoms with E-state index < -0.39 is 0 Å². The monoisotopic (exact) mass is 295 g/mol. The number of aryl methyl sites for hydroxylation is 1. The van der Waals surface area contributed by atoms with Crippen molar-refractivity contribution < 1.29 is 0 Å². The van der Waals surface area contributed by atoms with Crippen molar-refractivity contribution >= 4 is 5.82 Å². The van der Waals surface area contributed by atoms with Crippen LogP contribution in [0.25, 0.3) is 0 Å². The summed E-state index contributed by atoms with van der Waals surface area (Å²) in [4.78, 5) is 6.84. The van der Waals surface area contributed by atoms with E-state index in [9.17, 15) is 0 Å². The van der Waals surface area contributed by atoms with Gasteiger partial charge < -0.3 is 10.2 Å². The topological polar surface area (TPSA) is 28.2 Å². The number of pyridine rings is 1. The van der Waals surface area contributed by atoms with Crippen LogP contribution >= 0.6 is 0 Å². The van der Waals surface area contributed by atoms with Crippen molar-refractivity contribution in [3.63, 3.8) is 0 Å². The molecule has 116 valence electrons. The highest BCUT2D eigenvalue weighted by molar-refractivity contribution is 5.38. The fourth-order valence-corrected chi connectivity index (χ4v) is 3.33. The standard InChI is InChI=1S/C19H25N3/c1-15-7-3-4-8-18(15)16(2)21-17-10-13-22(14-11-17)19-9-5-6-12-20-19/h3-9,12,16-17,21H,10-11,13-14H2,1-2H3. The van der Waals surface area contributed by atoms with E-state index in [0.29, 0.717) is 12.1 Å². The van der Waals surface area contributed by atoms with Gasteiger partial charge in [-0.05, 0) is 49.9 Å². The molecule has 0 radical (unpaired) electrons. The molecule has 0 spiro atoms. The fraction of sp³-hybridized carbons (Fsp3) is 0.421. The van der Waals surface area contributed by atoms with Gasteiger partial charge in [-0.15, -0.1) is 0 Å². The van der Waals surface area contributed by atoms with Gasteiger partial charge in [0.2, 0.25) is 0 Å². The van der Waals surface area contributed by atoms with E-state index in [1.807, 2.05) is 12.3 Å². The molecule has 1 aliphatic heterocycles. The second-order valence-corrected chi connectivity index (χ2v) is 6.19. The third-order valence-electron chi connectivity index (χ3n) is 4.61. The molecule has 22 heavy (non-hydrogen) atoms. The predicted octanol–water partition coefficient (Wildman–Crippen LogP) is 3.71. The molecular formula is C19H25N3. The smallest absolute Gasteiger partial charge is 0.128 e. The third-order valence-corrected chi connectivity index (χ3v) is 4.61. The van der Waals surface area contributed by atoms with Crippen molar-refractivity contribution in [2.75, 3.05) is 18.0 Å². The van der Waals surface area contributed by atoms with Crippen molar-refractivity contribution in [3.05, 3.63) is 59.8 Å². The van der Waals surface area contributed by atoms with Gasteiger partial charge in [0.15, 0.2) is 0 Å². The van der Waals surface area contributed by atoms with Crippen molar-refractivity contribution in [3.8, 4) is 0 Å². The maximum atomic E-state index is 4.45. The van der Waals surface area contributed by atoms with Crippen LogP contribution in [0.5, 0.6) is 0 Å². The Kier molecular flexibility index (Phi) is 4.74. The van der Waals surface area contributed by atoms with Gasteiger partial charge in [-0.25, -0.2) is 4.98 Å². The van der Waals surface area contributed by atoms with E-state index in [1.165, 1.54) is 24.0 Å². The van der Waals surface area contributed by atoms with Gasteiger partial charge in [-0.2, -0.15) is 0 Å². The van der Waals surface area contributed by atoms with E-state index in [-0.39, 0.29) is 0 Å². The van der Waals surface area contributed by atoms with Gasteiger partial charge in [-0.3, -0.25) is 0 Å². The average Bonchev–Trinajstić information content (AvgIpc) is 2.57. The van der Waals surface area contributed by atoms with E-state index in [2.05, 4.69) is 65.4 Å². The first-order valence-electron chi connectivity index (χ1n) is 8.21. The number of benzene rings is 1. The molecule has 1 saturated heterocycles. The lowest BCUT2D eigenvalue weighted by atomic mass is 9.99. The van der Waals surface area contributed by atoms with Crippen molar-refractivity contribution in [1.29, 1.82) is 0 Å². The van der Waals surface area contributed by atoms with Crippen LogP contribution in [0.3, 0.4) is 0 Å². The van der Waals surface area contributed by atoms with Crippen LogP contribution in [-0.4, -0.2) is 24.1 Å². The Hall–Kier alpha value is -1.87. The first-order valence-corrected chi connectivity index (χ1v) is 8.21. The summed E-state index contributed by atoms with van der Waals surface area (Å²) in [7, 11) is 0. The number of nitrogens with zero attached hydrogens (tertiary/aromatic N) is 2. The normalized spacial score (nSPS) is 17.5. The molecule has 1 N–H and O–H groups in total. The molecule has 0 saturated carbocycles. The highest BCUT2D eigenvalue weighted by atomic mass is 15.2. The van der Waals surface area contributed by atoms with Gasteiger partial charge in [-0.1, -0.05) is 30.3 Å². The molecule has 1 aromatic heterocycles. The van der Waals surface area contributed by atoms with Crippen LogP contribution in [0.15, 0.2) is 48.7 Å². The largest absolute Gasteiger partial charge is 0.357 e. The van der Waals surface area contributed by atoms with Crippen LogP contribution in [0, 0.1) is 6.92 Å². The quantitative estimate of drug-likeness (QED) is 0.932. The Labute approximate surface area is 133 Å². The average molecular weight is 295 g/mol.